The SMILES string of the molecule is COc1cc(OC)cc([C@H]2C(=O)c3cc(OC)cc(OC)c3[C@@H]2c2ccc(OC)c(OC)c2)c1. The first-order valence-corrected chi connectivity index (χ1v) is 10.7. The van der Waals surface area contributed by atoms with Crippen molar-refractivity contribution in [2.75, 3.05) is 42.7 Å². The topological polar surface area (TPSA) is 72.5 Å². The summed E-state index contributed by atoms with van der Waals surface area (Å²) in [6.45, 7) is 0. The second-order valence-electron chi connectivity index (χ2n) is 7.87. The minimum atomic E-state index is -0.543. The summed E-state index contributed by atoms with van der Waals surface area (Å²) in [5.74, 6) is 2.61. The molecule has 0 radical (unpaired) electrons. The standard InChI is InChI=1S/C27H28O7/c1-29-17-9-16(10-18(12-17)30-2)25-24(15-7-8-21(32-4)22(11-15)33-5)26-20(27(25)28)13-19(31-3)14-23(26)34-6/h7-14,24-25H,1-6H3/t24-,25-/m1/s1. The molecule has 4 rings (SSSR count). The van der Waals surface area contributed by atoms with E-state index in [1.165, 1.54) is 0 Å². The number of ether oxygens (including phenoxy) is 6. The summed E-state index contributed by atoms with van der Waals surface area (Å²) in [5, 5.41) is 0. The van der Waals surface area contributed by atoms with Crippen molar-refractivity contribution < 1.29 is 33.2 Å². The quantitative estimate of drug-likeness (QED) is 0.472. The van der Waals surface area contributed by atoms with E-state index in [2.05, 4.69) is 0 Å². The van der Waals surface area contributed by atoms with Gasteiger partial charge in [-0.25, -0.2) is 0 Å². The Morgan fingerprint density at radius 1 is 0.529 bits per heavy atom. The number of hydrogen-bond acceptors (Lipinski definition) is 7. The summed E-state index contributed by atoms with van der Waals surface area (Å²) in [5.41, 5.74) is 3.02. The molecule has 0 N–H and O–H groups in total. The van der Waals surface area contributed by atoms with Gasteiger partial charge in [-0.15, -0.1) is 0 Å². The minimum absolute atomic E-state index is 0.0395. The Labute approximate surface area is 199 Å². The molecule has 7 nitrogen and oxygen atoms in total. The lowest BCUT2D eigenvalue weighted by Crippen LogP contribution is -2.14. The Morgan fingerprint density at radius 3 is 1.68 bits per heavy atom. The largest absolute Gasteiger partial charge is 0.497 e. The van der Waals surface area contributed by atoms with Crippen molar-refractivity contribution in [2.24, 2.45) is 0 Å². The Bertz CT molecular complexity index is 1200. The first-order valence-electron chi connectivity index (χ1n) is 10.7. The van der Waals surface area contributed by atoms with E-state index in [0.717, 1.165) is 16.7 Å². The van der Waals surface area contributed by atoms with Crippen LogP contribution in [0.5, 0.6) is 34.5 Å². The summed E-state index contributed by atoms with van der Waals surface area (Å²) < 4.78 is 33.1. The predicted octanol–water partition coefficient (Wildman–Crippen LogP) is 4.85. The first kappa shape index (κ1) is 23.3. The van der Waals surface area contributed by atoms with Gasteiger partial charge in [0.2, 0.25) is 0 Å². The average Bonchev–Trinajstić information content (AvgIpc) is 3.19. The van der Waals surface area contributed by atoms with Crippen LogP contribution in [0.3, 0.4) is 0 Å². The third-order valence-corrected chi connectivity index (χ3v) is 6.26. The fourth-order valence-corrected chi connectivity index (χ4v) is 4.66. The monoisotopic (exact) mass is 464 g/mol. The van der Waals surface area contributed by atoms with Gasteiger partial charge in [0.05, 0.1) is 48.6 Å². The number of carbonyl (C=O) groups excluding carboxylic acids is 1. The molecule has 1 aliphatic rings. The fraction of sp³-hybridized carbons (Fsp3) is 0.296. The number of Topliss-reactive ketones (excluding diaryl/α,β-unsaturated/α-hetero) is 1. The van der Waals surface area contributed by atoms with Gasteiger partial charge in [0.25, 0.3) is 0 Å². The zero-order valence-electron chi connectivity index (χ0n) is 20.1. The van der Waals surface area contributed by atoms with Crippen molar-refractivity contribution in [3.05, 3.63) is 70.8 Å². The molecule has 0 unspecified atom stereocenters. The highest BCUT2D eigenvalue weighted by Gasteiger charge is 2.44. The number of carbonyl (C=O) groups is 1. The van der Waals surface area contributed by atoms with E-state index in [1.807, 2.05) is 30.3 Å². The van der Waals surface area contributed by atoms with E-state index in [0.29, 0.717) is 40.1 Å². The third kappa shape index (κ3) is 3.87. The van der Waals surface area contributed by atoms with Crippen molar-refractivity contribution in [3.63, 3.8) is 0 Å². The molecule has 2 atom stereocenters. The highest BCUT2D eigenvalue weighted by atomic mass is 16.5. The number of ketones is 1. The molecule has 34 heavy (non-hydrogen) atoms. The molecule has 0 spiro atoms. The fourth-order valence-electron chi connectivity index (χ4n) is 4.66. The van der Waals surface area contributed by atoms with Crippen LogP contribution in [0, 0.1) is 0 Å². The van der Waals surface area contributed by atoms with Gasteiger partial charge in [0.15, 0.2) is 17.3 Å². The molecule has 3 aromatic rings. The van der Waals surface area contributed by atoms with Crippen molar-refractivity contribution in [2.45, 2.75) is 11.8 Å². The average molecular weight is 465 g/mol. The molecule has 3 aromatic carbocycles. The van der Waals surface area contributed by atoms with Crippen LogP contribution < -0.4 is 28.4 Å². The molecule has 0 aliphatic heterocycles. The summed E-state index contributed by atoms with van der Waals surface area (Å²) in [6.07, 6.45) is 0. The van der Waals surface area contributed by atoms with E-state index < -0.39 is 5.92 Å². The van der Waals surface area contributed by atoms with Crippen LogP contribution in [-0.4, -0.2) is 48.4 Å². The van der Waals surface area contributed by atoms with Crippen LogP contribution in [0.2, 0.25) is 0 Å². The summed E-state index contributed by atoms with van der Waals surface area (Å²) in [6, 6.07) is 14.8. The summed E-state index contributed by atoms with van der Waals surface area (Å²) in [7, 11) is 9.51. The molecular formula is C27H28O7. The van der Waals surface area contributed by atoms with Gasteiger partial charge < -0.3 is 28.4 Å². The molecule has 0 saturated carbocycles. The smallest absolute Gasteiger partial charge is 0.171 e. The van der Waals surface area contributed by atoms with E-state index in [4.69, 9.17) is 28.4 Å². The van der Waals surface area contributed by atoms with Gasteiger partial charge in [-0.2, -0.15) is 0 Å². The highest BCUT2D eigenvalue weighted by molar-refractivity contribution is 6.08. The number of benzene rings is 3. The third-order valence-electron chi connectivity index (χ3n) is 6.26. The number of fused-ring (bicyclic) bond motifs is 1. The minimum Gasteiger partial charge on any atom is -0.497 e. The van der Waals surface area contributed by atoms with E-state index in [-0.39, 0.29) is 11.7 Å². The van der Waals surface area contributed by atoms with Gasteiger partial charge in [-0.3, -0.25) is 4.79 Å². The molecule has 7 heteroatoms. The zero-order valence-corrected chi connectivity index (χ0v) is 20.1. The number of rotatable bonds is 8. The van der Waals surface area contributed by atoms with Gasteiger partial charge in [-0.1, -0.05) is 6.07 Å². The normalized spacial score (nSPS) is 16.6. The maximum Gasteiger partial charge on any atom is 0.171 e. The summed E-state index contributed by atoms with van der Waals surface area (Å²) >= 11 is 0. The molecular weight excluding hydrogens is 436 g/mol. The molecule has 1 aliphatic carbocycles. The Kier molecular flexibility index (Phi) is 6.54. The predicted molar refractivity (Wildman–Crippen MR) is 128 cm³/mol. The molecule has 0 fully saturated rings. The van der Waals surface area contributed by atoms with Gasteiger partial charge in [0.1, 0.15) is 23.0 Å². The van der Waals surface area contributed by atoms with Crippen molar-refractivity contribution in [1.29, 1.82) is 0 Å². The zero-order chi connectivity index (χ0) is 24.4. The van der Waals surface area contributed by atoms with E-state index >= 15 is 0 Å². The van der Waals surface area contributed by atoms with Crippen molar-refractivity contribution >= 4 is 5.78 Å². The van der Waals surface area contributed by atoms with Crippen LogP contribution in [0.4, 0.5) is 0 Å². The van der Waals surface area contributed by atoms with Crippen molar-refractivity contribution in [1.82, 2.24) is 0 Å². The van der Waals surface area contributed by atoms with E-state index in [9.17, 15) is 4.79 Å². The first-order chi connectivity index (χ1) is 16.5. The molecule has 0 saturated heterocycles. The molecule has 0 heterocycles. The molecule has 0 aromatic heterocycles. The lowest BCUT2D eigenvalue weighted by atomic mass is 9.81. The Balaban J connectivity index is 2.00. The molecule has 0 bridgehead atoms. The molecule has 178 valence electrons. The van der Waals surface area contributed by atoms with E-state index in [1.54, 1.807) is 60.9 Å². The van der Waals surface area contributed by atoms with Crippen LogP contribution in [0.25, 0.3) is 0 Å². The van der Waals surface area contributed by atoms with Crippen LogP contribution in [0.15, 0.2) is 48.5 Å². The van der Waals surface area contributed by atoms with Crippen LogP contribution >= 0.6 is 0 Å². The lowest BCUT2D eigenvalue weighted by molar-refractivity contribution is 0.0968. The van der Waals surface area contributed by atoms with Crippen LogP contribution in [0.1, 0.15) is 38.9 Å². The second kappa shape index (κ2) is 9.55. The Hall–Kier alpha value is -3.87. The number of hydrogen-bond donors (Lipinski definition) is 0. The number of methoxy groups -OCH3 is 6. The van der Waals surface area contributed by atoms with Gasteiger partial charge in [0, 0.05) is 29.2 Å². The van der Waals surface area contributed by atoms with Gasteiger partial charge >= 0.3 is 0 Å². The maximum atomic E-state index is 13.9. The summed E-state index contributed by atoms with van der Waals surface area (Å²) in [4.78, 5) is 13.9. The highest BCUT2D eigenvalue weighted by Crippen LogP contribution is 2.53. The Morgan fingerprint density at radius 2 is 1.12 bits per heavy atom. The lowest BCUT2D eigenvalue weighted by Gasteiger charge is -2.23. The van der Waals surface area contributed by atoms with Crippen molar-refractivity contribution in [3.8, 4) is 34.5 Å². The second-order valence-corrected chi connectivity index (χ2v) is 7.87. The van der Waals surface area contributed by atoms with Crippen LogP contribution in [-0.2, 0) is 0 Å². The molecule has 0 amide bonds. The maximum absolute atomic E-state index is 13.9. The van der Waals surface area contributed by atoms with Gasteiger partial charge in [-0.05, 0) is 41.5 Å².